The van der Waals surface area contributed by atoms with Gasteiger partial charge < -0.3 is 10.6 Å². The van der Waals surface area contributed by atoms with Crippen LogP contribution in [0.5, 0.6) is 0 Å². The van der Waals surface area contributed by atoms with Gasteiger partial charge in [0.2, 0.25) is 5.91 Å². The van der Waals surface area contributed by atoms with E-state index < -0.39 is 4.92 Å². The van der Waals surface area contributed by atoms with Crippen LogP contribution in [0.3, 0.4) is 0 Å². The molecule has 0 bridgehead atoms. The largest absolute Gasteiger partial charge is 0.338 e. The third kappa shape index (κ3) is 3.58. The molecule has 2 rings (SSSR count). The first kappa shape index (κ1) is 15.4. The van der Waals surface area contributed by atoms with Crippen LogP contribution in [0.2, 0.25) is 0 Å². The fraction of sp³-hybridized carbons (Fsp3) is 0.533. The molecule has 0 radical (unpaired) electrons. The minimum absolute atomic E-state index is 0.0395. The molecule has 1 aliphatic heterocycles. The van der Waals surface area contributed by atoms with Crippen molar-refractivity contribution in [3.8, 4) is 0 Å². The summed E-state index contributed by atoms with van der Waals surface area (Å²) in [6.07, 6.45) is 2.37. The number of piperidine rings is 1. The van der Waals surface area contributed by atoms with Gasteiger partial charge in [0.1, 0.15) is 0 Å². The Morgan fingerprint density at radius 2 is 2.10 bits per heavy atom. The van der Waals surface area contributed by atoms with Crippen LogP contribution in [0.4, 0.5) is 5.69 Å². The highest BCUT2D eigenvalue weighted by Crippen LogP contribution is 2.23. The molecule has 0 spiro atoms. The van der Waals surface area contributed by atoms with Gasteiger partial charge in [-0.1, -0.05) is 19.1 Å². The standard InChI is InChI=1S/C15H21N3O3/c1-11-3-2-8-17(14(11)10-16)15(19)9-12-4-6-13(7-5-12)18(20)21/h4-7,11,14H,2-3,8-10,16H2,1H3. The van der Waals surface area contributed by atoms with Crippen molar-refractivity contribution in [2.24, 2.45) is 11.7 Å². The van der Waals surface area contributed by atoms with Crippen molar-refractivity contribution in [2.75, 3.05) is 13.1 Å². The highest BCUT2D eigenvalue weighted by atomic mass is 16.6. The van der Waals surface area contributed by atoms with Crippen molar-refractivity contribution < 1.29 is 9.72 Å². The molecular weight excluding hydrogens is 270 g/mol. The molecule has 1 aromatic carbocycles. The Kier molecular flexibility index (Phi) is 4.90. The fourth-order valence-corrected chi connectivity index (χ4v) is 2.93. The Labute approximate surface area is 124 Å². The number of likely N-dealkylation sites (tertiary alicyclic amines) is 1. The van der Waals surface area contributed by atoms with Crippen LogP contribution in [-0.2, 0) is 11.2 Å². The Balaban J connectivity index is 2.04. The van der Waals surface area contributed by atoms with Crippen LogP contribution in [0.25, 0.3) is 0 Å². The average molecular weight is 291 g/mol. The average Bonchev–Trinajstić information content (AvgIpc) is 2.47. The zero-order chi connectivity index (χ0) is 15.4. The van der Waals surface area contributed by atoms with Gasteiger partial charge in [-0.2, -0.15) is 0 Å². The Morgan fingerprint density at radius 1 is 1.43 bits per heavy atom. The molecule has 1 fully saturated rings. The van der Waals surface area contributed by atoms with Crippen LogP contribution in [0.1, 0.15) is 25.3 Å². The van der Waals surface area contributed by atoms with Crippen molar-refractivity contribution in [3.05, 3.63) is 39.9 Å². The first-order valence-corrected chi connectivity index (χ1v) is 7.25. The van der Waals surface area contributed by atoms with E-state index in [1.165, 1.54) is 12.1 Å². The number of nitrogens with two attached hydrogens (primary N) is 1. The molecule has 0 saturated carbocycles. The summed E-state index contributed by atoms with van der Waals surface area (Å²) < 4.78 is 0. The third-order valence-corrected chi connectivity index (χ3v) is 4.18. The number of rotatable bonds is 4. The third-order valence-electron chi connectivity index (χ3n) is 4.18. The summed E-state index contributed by atoms with van der Waals surface area (Å²) in [6, 6.07) is 6.25. The first-order chi connectivity index (χ1) is 10.0. The van der Waals surface area contributed by atoms with E-state index in [-0.39, 0.29) is 24.1 Å². The molecule has 0 aliphatic carbocycles. The number of amides is 1. The number of carbonyl (C=O) groups excluding carboxylic acids is 1. The van der Waals surface area contributed by atoms with Gasteiger partial charge in [-0.25, -0.2) is 0 Å². The molecular formula is C15H21N3O3. The number of benzene rings is 1. The van der Waals surface area contributed by atoms with Gasteiger partial charge >= 0.3 is 0 Å². The maximum atomic E-state index is 12.4. The van der Waals surface area contributed by atoms with Crippen molar-refractivity contribution in [1.29, 1.82) is 0 Å². The summed E-state index contributed by atoms with van der Waals surface area (Å²) in [5.41, 5.74) is 6.63. The number of hydrogen-bond donors (Lipinski definition) is 1. The molecule has 2 unspecified atom stereocenters. The lowest BCUT2D eigenvalue weighted by Gasteiger charge is -2.39. The molecule has 6 nitrogen and oxygen atoms in total. The van der Waals surface area contributed by atoms with Crippen LogP contribution < -0.4 is 5.73 Å². The zero-order valence-electron chi connectivity index (χ0n) is 12.2. The van der Waals surface area contributed by atoms with E-state index >= 15 is 0 Å². The predicted octanol–water partition coefficient (Wildman–Crippen LogP) is 1.72. The van der Waals surface area contributed by atoms with Crippen LogP contribution in [-0.4, -0.2) is 34.9 Å². The van der Waals surface area contributed by atoms with E-state index in [0.717, 1.165) is 24.9 Å². The van der Waals surface area contributed by atoms with E-state index in [4.69, 9.17) is 5.73 Å². The number of hydrogen-bond acceptors (Lipinski definition) is 4. The molecule has 1 aliphatic rings. The zero-order valence-corrected chi connectivity index (χ0v) is 12.2. The number of non-ortho nitro benzene ring substituents is 1. The Bertz CT molecular complexity index is 515. The van der Waals surface area contributed by atoms with Gasteiger partial charge in [-0.3, -0.25) is 14.9 Å². The van der Waals surface area contributed by atoms with Gasteiger partial charge in [0.15, 0.2) is 0 Å². The number of nitro benzene ring substituents is 1. The summed E-state index contributed by atoms with van der Waals surface area (Å²) >= 11 is 0. The fourth-order valence-electron chi connectivity index (χ4n) is 2.93. The highest BCUT2D eigenvalue weighted by molar-refractivity contribution is 5.79. The topological polar surface area (TPSA) is 89.5 Å². The first-order valence-electron chi connectivity index (χ1n) is 7.25. The van der Waals surface area contributed by atoms with E-state index in [2.05, 4.69) is 6.92 Å². The molecule has 6 heteroatoms. The van der Waals surface area contributed by atoms with Crippen molar-refractivity contribution in [2.45, 2.75) is 32.2 Å². The Hall–Kier alpha value is -1.95. The molecule has 21 heavy (non-hydrogen) atoms. The van der Waals surface area contributed by atoms with Gasteiger partial charge in [0.05, 0.1) is 11.3 Å². The highest BCUT2D eigenvalue weighted by Gasteiger charge is 2.30. The Morgan fingerprint density at radius 3 is 2.67 bits per heavy atom. The second-order valence-electron chi connectivity index (χ2n) is 5.61. The van der Waals surface area contributed by atoms with Gasteiger partial charge in [-0.05, 0) is 24.3 Å². The second-order valence-corrected chi connectivity index (χ2v) is 5.61. The monoisotopic (exact) mass is 291 g/mol. The number of nitrogens with zero attached hydrogens (tertiary/aromatic N) is 2. The summed E-state index contributed by atoms with van der Waals surface area (Å²) in [4.78, 5) is 24.5. The summed E-state index contributed by atoms with van der Waals surface area (Å²) in [5, 5.41) is 10.6. The van der Waals surface area contributed by atoms with Gasteiger partial charge in [0, 0.05) is 31.3 Å². The summed E-state index contributed by atoms with van der Waals surface area (Å²) in [7, 11) is 0. The van der Waals surface area contributed by atoms with Crippen molar-refractivity contribution in [1.82, 2.24) is 4.90 Å². The second kappa shape index (κ2) is 6.67. The van der Waals surface area contributed by atoms with Crippen LogP contribution >= 0.6 is 0 Å². The van der Waals surface area contributed by atoms with E-state index in [1.54, 1.807) is 12.1 Å². The molecule has 1 amide bonds. The van der Waals surface area contributed by atoms with E-state index in [1.807, 2.05) is 4.90 Å². The van der Waals surface area contributed by atoms with Crippen LogP contribution in [0, 0.1) is 16.0 Å². The number of carbonyl (C=O) groups is 1. The lowest BCUT2D eigenvalue weighted by Crippen LogP contribution is -2.51. The van der Waals surface area contributed by atoms with Crippen molar-refractivity contribution >= 4 is 11.6 Å². The summed E-state index contributed by atoms with van der Waals surface area (Å²) in [6.45, 7) is 3.36. The molecule has 0 aromatic heterocycles. The lowest BCUT2D eigenvalue weighted by atomic mass is 9.90. The quantitative estimate of drug-likeness (QED) is 0.675. The normalized spacial score (nSPS) is 22.1. The van der Waals surface area contributed by atoms with E-state index in [0.29, 0.717) is 12.5 Å². The minimum atomic E-state index is -0.442. The van der Waals surface area contributed by atoms with E-state index in [9.17, 15) is 14.9 Å². The van der Waals surface area contributed by atoms with Gasteiger partial charge in [-0.15, -0.1) is 0 Å². The molecule has 114 valence electrons. The maximum Gasteiger partial charge on any atom is 0.269 e. The van der Waals surface area contributed by atoms with Gasteiger partial charge in [0.25, 0.3) is 5.69 Å². The number of nitro groups is 1. The van der Waals surface area contributed by atoms with Crippen LogP contribution in [0.15, 0.2) is 24.3 Å². The minimum Gasteiger partial charge on any atom is -0.338 e. The molecule has 2 N–H and O–H groups in total. The molecule has 1 aromatic rings. The SMILES string of the molecule is CC1CCCN(C(=O)Cc2ccc([N+](=O)[O-])cc2)C1CN. The smallest absolute Gasteiger partial charge is 0.269 e. The lowest BCUT2D eigenvalue weighted by molar-refractivity contribution is -0.384. The molecule has 1 heterocycles. The van der Waals surface area contributed by atoms with Crippen molar-refractivity contribution in [3.63, 3.8) is 0 Å². The molecule has 2 atom stereocenters. The predicted molar refractivity (Wildman–Crippen MR) is 79.8 cm³/mol. The molecule has 1 saturated heterocycles. The summed E-state index contributed by atoms with van der Waals surface area (Å²) in [5.74, 6) is 0.468. The maximum absolute atomic E-state index is 12.4.